The molecule has 1 fully saturated rings. The van der Waals surface area contributed by atoms with Crippen LogP contribution in [0.3, 0.4) is 0 Å². The van der Waals surface area contributed by atoms with E-state index in [-0.39, 0.29) is 36.4 Å². The van der Waals surface area contributed by atoms with Gasteiger partial charge in [-0.2, -0.15) is 0 Å². The van der Waals surface area contributed by atoms with E-state index in [1.807, 2.05) is 0 Å². The van der Waals surface area contributed by atoms with Crippen LogP contribution in [0.1, 0.15) is 19.3 Å². The van der Waals surface area contributed by atoms with E-state index in [2.05, 4.69) is 10.0 Å². The fraction of sp³-hybridized carbons (Fsp3) is 0.562. The lowest BCUT2D eigenvalue weighted by atomic mass is 10.0. The molecule has 0 atom stereocenters. The van der Waals surface area contributed by atoms with Crippen LogP contribution in [-0.4, -0.2) is 57.9 Å². The lowest BCUT2D eigenvalue weighted by molar-refractivity contribution is -0.122. The molecule has 25 heavy (non-hydrogen) atoms. The van der Waals surface area contributed by atoms with Gasteiger partial charge < -0.3 is 5.32 Å². The van der Waals surface area contributed by atoms with Gasteiger partial charge in [-0.25, -0.2) is 21.9 Å². The molecule has 1 amide bonds. The zero-order valence-electron chi connectivity index (χ0n) is 13.8. The third-order valence-corrected chi connectivity index (χ3v) is 5.52. The topological polar surface area (TPSA) is 78.5 Å². The highest BCUT2D eigenvalue weighted by Crippen LogP contribution is 2.12. The van der Waals surface area contributed by atoms with Gasteiger partial charge in [0.05, 0.1) is 11.4 Å². The molecule has 1 aromatic rings. The number of alkyl halides is 2. The summed E-state index contributed by atoms with van der Waals surface area (Å²) in [5, 5.41) is 2.83. The van der Waals surface area contributed by atoms with Crippen molar-refractivity contribution in [3.05, 3.63) is 30.3 Å². The van der Waals surface area contributed by atoms with Crippen molar-refractivity contribution in [3.8, 4) is 0 Å². The standard InChI is InChI=1S/C16H23F2N3O3S/c17-15(18)12-21-10-7-13(8-11-21)20-16(22)6-9-19-25(23,24)14-4-2-1-3-5-14/h1-5,13,15,19H,6-12H2,(H,20,22). The third-order valence-electron chi connectivity index (χ3n) is 4.05. The molecule has 9 heteroatoms. The fourth-order valence-corrected chi connectivity index (χ4v) is 3.79. The van der Waals surface area contributed by atoms with Crippen LogP contribution in [0, 0.1) is 0 Å². The molecular weight excluding hydrogens is 352 g/mol. The second-order valence-electron chi connectivity index (χ2n) is 5.99. The normalized spacial score (nSPS) is 16.9. The summed E-state index contributed by atoms with van der Waals surface area (Å²) in [5.41, 5.74) is 0. The van der Waals surface area contributed by atoms with Crippen molar-refractivity contribution < 1.29 is 22.0 Å². The number of hydrogen-bond donors (Lipinski definition) is 2. The summed E-state index contributed by atoms with van der Waals surface area (Å²) in [6.45, 7) is 0.821. The van der Waals surface area contributed by atoms with Crippen LogP contribution in [0.15, 0.2) is 35.2 Å². The van der Waals surface area contributed by atoms with E-state index in [4.69, 9.17) is 0 Å². The van der Waals surface area contributed by atoms with E-state index in [1.165, 1.54) is 12.1 Å². The smallest absolute Gasteiger partial charge is 0.251 e. The third kappa shape index (κ3) is 6.68. The van der Waals surface area contributed by atoms with Crippen molar-refractivity contribution in [1.82, 2.24) is 14.9 Å². The predicted molar refractivity (Wildman–Crippen MR) is 89.9 cm³/mol. The highest BCUT2D eigenvalue weighted by atomic mass is 32.2. The van der Waals surface area contributed by atoms with Gasteiger partial charge in [-0.05, 0) is 25.0 Å². The number of amides is 1. The van der Waals surface area contributed by atoms with Gasteiger partial charge >= 0.3 is 0 Å². The maximum atomic E-state index is 12.3. The molecule has 1 aromatic carbocycles. The maximum absolute atomic E-state index is 12.3. The predicted octanol–water partition coefficient (Wildman–Crippen LogP) is 1.20. The van der Waals surface area contributed by atoms with Crippen molar-refractivity contribution in [2.24, 2.45) is 0 Å². The van der Waals surface area contributed by atoms with E-state index in [0.717, 1.165) is 0 Å². The Kier molecular flexibility index (Phi) is 7.27. The van der Waals surface area contributed by atoms with Gasteiger partial charge in [0.15, 0.2) is 0 Å². The molecule has 0 unspecified atom stereocenters. The van der Waals surface area contributed by atoms with Gasteiger partial charge in [-0.3, -0.25) is 9.69 Å². The Morgan fingerprint density at radius 2 is 1.84 bits per heavy atom. The lowest BCUT2D eigenvalue weighted by Crippen LogP contribution is -2.46. The first-order valence-corrected chi connectivity index (χ1v) is 9.70. The number of halogens is 2. The first-order valence-electron chi connectivity index (χ1n) is 8.21. The average molecular weight is 375 g/mol. The second kappa shape index (κ2) is 9.21. The molecule has 0 aromatic heterocycles. The van der Waals surface area contributed by atoms with Crippen LogP contribution >= 0.6 is 0 Å². The van der Waals surface area contributed by atoms with E-state index in [1.54, 1.807) is 23.1 Å². The molecule has 0 saturated carbocycles. The van der Waals surface area contributed by atoms with Crippen molar-refractivity contribution in [1.29, 1.82) is 0 Å². The number of carbonyl (C=O) groups is 1. The Morgan fingerprint density at radius 1 is 1.20 bits per heavy atom. The van der Waals surface area contributed by atoms with Crippen molar-refractivity contribution in [3.63, 3.8) is 0 Å². The second-order valence-corrected chi connectivity index (χ2v) is 7.76. The van der Waals surface area contributed by atoms with Crippen molar-refractivity contribution >= 4 is 15.9 Å². The zero-order chi connectivity index (χ0) is 18.3. The molecular formula is C16H23F2N3O3S. The summed E-state index contributed by atoms with van der Waals surface area (Å²) >= 11 is 0. The minimum atomic E-state index is -3.62. The largest absolute Gasteiger partial charge is 0.353 e. The maximum Gasteiger partial charge on any atom is 0.251 e. The van der Waals surface area contributed by atoms with E-state index in [0.29, 0.717) is 25.9 Å². The number of rotatable bonds is 8. The van der Waals surface area contributed by atoms with Crippen LogP contribution in [0.25, 0.3) is 0 Å². The number of benzene rings is 1. The fourth-order valence-electron chi connectivity index (χ4n) is 2.74. The van der Waals surface area contributed by atoms with Gasteiger partial charge in [0.25, 0.3) is 6.43 Å². The lowest BCUT2D eigenvalue weighted by Gasteiger charge is -2.32. The van der Waals surface area contributed by atoms with Crippen LogP contribution in [-0.2, 0) is 14.8 Å². The number of hydrogen-bond acceptors (Lipinski definition) is 4. The van der Waals surface area contributed by atoms with Crippen molar-refractivity contribution in [2.75, 3.05) is 26.2 Å². The number of likely N-dealkylation sites (tertiary alicyclic amines) is 1. The highest BCUT2D eigenvalue weighted by molar-refractivity contribution is 7.89. The molecule has 1 aliphatic rings. The van der Waals surface area contributed by atoms with Gasteiger partial charge in [-0.15, -0.1) is 0 Å². The summed E-state index contributed by atoms with van der Waals surface area (Å²) in [7, 11) is -3.62. The quantitative estimate of drug-likeness (QED) is 0.716. The molecule has 2 N–H and O–H groups in total. The Hall–Kier alpha value is -1.58. The number of nitrogens with one attached hydrogen (secondary N) is 2. The number of carbonyl (C=O) groups excluding carboxylic acids is 1. The van der Waals surface area contributed by atoms with Gasteiger partial charge in [0.2, 0.25) is 15.9 Å². The molecule has 140 valence electrons. The Labute approximate surface area is 146 Å². The molecule has 1 heterocycles. The molecule has 2 rings (SSSR count). The van der Waals surface area contributed by atoms with E-state index < -0.39 is 16.4 Å². The molecule has 0 bridgehead atoms. The molecule has 1 aliphatic heterocycles. The first kappa shape index (κ1) is 19.7. The number of sulfonamides is 1. The zero-order valence-corrected chi connectivity index (χ0v) is 14.6. The summed E-state index contributed by atoms with van der Waals surface area (Å²) in [4.78, 5) is 13.7. The van der Waals surface area contributed by atoms with Crippen LogP contribution in [0.4, 0.5) is 8.78 Å². The molecule has 0 spiro atoms. The Bertz CT molecular complexity index is 648. The summed E-state index contributed by atoms with van der Waals surface area (Å²) in [5.74, 6) is -0.247. The van der Waals surface area contributed by atoms with Crippen LogP contribution < -0.4 is 10.0 Å². The Balaban J connectivity index is 1.68. The molecule has 0 aliphatic carbocycles. The van der Waals surface area contributed by atoms with Gasteiger partial charge in [0, 0.05) is 32.1 Å². The van der Waals surface area contributed by atoms with Gasteiger partial charge in [-0.1, -0.05) is 18.2 Å². The average Bonchev–Trinajstić information content (AvgIpc) is 2.57. The first-order chi connectivity index (χ1) is 11.9. The summed E-state index contributed by atoms with van der Waals surface area (Å²) in [6, 6.07) is 7.89. The highest BCUT2D eigenvalue weighted by Gasteiger charge is 2.22. The van der Waals surface area contributed by atoms with E-state index in [9.17, 15) is 22.0 Å². The number of piperidine rings is 1. The SMILES string of the molecule is O=C(CCNS(=O)(=O)c1ccccc1)NC1CCN(CC(F)F)CC1. The molecule has 1 saturated heterocycles. The number of nitrogens with zero attached hydrogens (tertiary/aromatic N) is 1. The van der Waals surface area contributed by atoms with Gasteiger partial charge in [0.1, 0.15) is 0 Å². The summed E-state index contributed by atoms with van der Waals surface area (Å²) in [6.07, 6.45) is -1.07. The van der Waals surface area contributed by atoms with E-state index >= 15 is 0 Å². The molecule has 6 nitrogen and oxygen atoms in total. The minimum absolute atomic E-state index is 0.00723. The summed E-state index contributed by atoms with van der Waals surface area (Å²) < 4.78 is 51.1. The van der Waals surface area contributed by atoms with Crippen LogP contribution in [0.5, 0.6) is 0 Å². The molecule has 0 radical (unpaired) electrons. The Morgan fingerprint density at radius 3 is 2.44 bits per heavy atom. The minimum Gasteiger partial charge on any atom is -0.353 e. The van der Waals surface area contributed by atoms with Crippen LogP contribution in [0.2, 0.25) is 0 Å². The monoisotopic (exact) mass is 375 g/mol. The van der Waals surface area contributed by atoms with Crippen molar-refractivity contribution in [2.45, 2.75) is 36.6 Å².